The molecule has 0 heterocycles. The van der Waals surface area contributed by atoms with Gasteiger partial charge in [0.25, 0.3) is 0 Å². The number of carbonyl (C=O) groups excluding carboxylic acids is 2. The van der Waals surface area contributed by atoms with Crippen LogP contribution in [0.15, 0.2) is 41.3 Å². The summed E-state index contributed by atoms with van der Waals surface area (Å²) in [4.78, 5) is 26.4. The van der Waals surface area contributed by atoms with Gasteiger partial charge in [-0.15, -0.1) is 11.8 Å². The Labute approximate surface area is 181 Å². The molecule has 0 radical (unpaired) electrons. The van der Waals surface area contributed by atoms with Crippen molar-refractivity contribution in [2.24, 2.45) is 5.73 Å². The predicted molar refractivity (Wildman–Crippen MR) is 118 cm³/mol. The first-order chi connectivity index (χ1) is 14.0. The van der Waals surface area contributed by atoms with Crippen molar-refractivity contribution in [2.75, 3.05) is 20.4 Å². The van der Waals surface area contributed by atoms with E-state index in [-0.39, 0.29) is 6.54 Å². The number of benzene rings is 2. The first-order valence-electron chi connectivity index (χ1n) is 9.30. The van der Waals surface area contributed by atoms with Gasteiger partial charge in [0.05, 0.1) is 13.7 Å². The van der Waals surface area contributed by atoms with Crippen LogP contribution in [0.2, 0.25) is 0 Å². The molecule has 0 spiro atoms. The molecule has 0 saturated carbocycles. The van der Waals surface area contributed by atoms with Gasteiger partial charge in [0, 0.05) is 29.1 Å². The summed E-state index contributed by atoms with van der Waals surface area (Å²) >= 11 is 1.57. The van der Waals surface area contributed by atoms with Crippen molar-refractivity contribution in [2.45, 2.75) is 37.8 Å². The lowest BCUT2D eigenvalue weighted by atomic mass is 10.1. The zero-order valence-electron chi connectivity index (χ0n) is 18.1. The van der Waals surface area contributed by atoms with Crippen LogP contribution in [0.5, 0.6) is 17.2 Å². The molecule has 30 heavy (non-hydrogen) atoms. The second-order valence-corrected chi connectivity index (χ2v) is 8.49. The Kier molecular flexibility index (Phi) is 7.61. The average molecular weight is 433 g/mol. The highest BCUT2D eigenvalue weighted by molar-refractivity contribution is 7.98. The largest absolute Gasteiger partial charge is 0.495 e. The molecule has 0 atom stereocenters. The molecule has 8 heteroatoms. The number of nitrogens with two attached hydrogens (primary N) is 1. The Bertz CT molecular complexity index is 924. The maximum absolute atomic E-state index is 12.4. The number of carbonyl (C=O) groups is 2. The predicted octanol–water partition coefficient (Wildman–Crippen LogP) is 4.68. The summed E-state index contributed by atoms with van der Waals surface area (Å²) in [5.74, 6) is 1.20. The minimum atomic E-state index is -0.616. The lowest BCUT2D eigenvalue weighted by Gasteiger charge is -2.25. The summed E-state index contributed by atoms with van der Waals surface area (Å²) in [5.41, 5.74) is 5.75. The monoisotopic (exact) mass is 432 g/mol. The molecule has 2 amide bonds. The average Bonchev–Trinajstić information content (AvgIpc) is 2.67. The highest BCUT2D eigenvalue weighted by Crippen LogP contribution is 2.34. The third-order valence-electron chi connectivity index (χ3n) is 4.04. The number of methoxy groups -OCH3 is 1. The van der Waals surface area contributed by atoms with Crippen molar-refractivity contribution >= 4 is 23.8 Å². The van der Waals surface area contributed by atoms with Gasteiger partial charge in [-0.1, -0.05) is 0 Å². The van der Waals surface area contributed by atoms with Crippen molar-refractivity contribution in [3.8, 4) is 17.2 Å². The van der Waals surface area contributed by atoms with E-state index in [0.717, 1.165) is 4.90 Å². The third kappa shape index (κ3) is 6.32. The Balaban J connectivity index is 2.33. The Morgan fingerprint density at radius 2 is 1.80 bits per heavy atom. The van der Waals surface area contributed by atoms with Crippen LogP contribution in [0.25, 0.3) is 0 Å². The molecular weight excluding hydrogens is 404 g/mol. The van der Waals surface area contributed by atoms with Gasteiger partial charge in [-0.2, -0.15) is 0 Å². The SMILES string of the molecule is COc1cc(Oc2ccc(C(N)=O)cc2CN(C)C(=O)OC(C)(C)C)ccc1SC. The van der Waals surface area contributed by atoms with Crippen molar-refractivity contribution in [3.05, 3.63) is 47.5 Å². The number of hydrogen-bond acceptors (Lipinski definition) is 6. The van der Waals surface area contributed by atoms with Crippen LogP contribution in [0.3, 0.4) is 0 Å². The molecule has 7 nitrogen and oxygen atoms in total. The third-order valence-corrected chi connectivity index (χ3v) is 4.82. The zero-order valence-corrected chi connectivity index (χ0v) is 19.0. The Hall–Kier alpha value is -2.87. The lowest BCUT2D eigenvalue weighted by Crippen LogP contribution is -2.34. The normalized spacial score (nSPS) is 11.0. The first-order valence-corrected chi connectivity index (χ1v) is 10.5. The van der Waals surface area contributed by atoms with Crippen LogP contribution < -0.4 is 15.2 Å². The Morgan fingerprint density at radius 3 is 2.37 bits per heavy atom. The fraction of sp³-hybridized carbons (Fsp3) is 0.364. The van der Waals surface area contributed by atoms with Crippen LogP contribution in [-0.2, 0) is 11.3 Å². The molecule has 0 unspecified atom stereocenters. The Morgan fingerprint density at radius 1 is 1.10 bits per heavy atom. The summed E-state index contributed by atoms with van der Waals surface area (Å²) in [6, 6.07) is 10.4. The first kappa shape index (κ1) is 23.4. The molecule has 0 aliphatic rings. The van der Waals surface area contributed by atoms with E-state index in [1.54, 1.807) is 71.0 Å². The maximum atomic E-state index is 12.4. The number of nitrogens with zero attached hydrogens (tertiary/aromatic N) is 1. The van der Waals surface area contributed by atoms with E-state index in [4.69, 9.17) is 19.9 Å². The summed E-state index contributed by atoms with van der Waals surface area (Å²) < 4.78 is 16.9. The second-order valence-electron chi connectivity index (χ2n) is 7.64. The molecule has 2 aromatic carbocycles. The van der Waals surface area contributed by atoms with Crippen LogP contribution in [0, 0.1) is 0 Å². The van der Waals surface area contributed by atoms with Gasteiger partial charge >= 0.3 is 6.09 Å². The van der Waals surface area contributed by atoms with Gasteiger partial charge in [-0.05, 0) is 57.4 Å². The molecular formula is C22H28N2O5S. The fourth-order valence-corrected chi connectivity index (χ4v) is 3.17. The molecule has 2 aromatic rings. The van der Waals surface area contributed by atoms with Gasteiger partial charge in [-0.3, -0.25) is 4.79 Å². The van der Waals surface area contributed by atoms with Gasteiger partial charge in [-0.25, -0.2) is 4.79 Å². The number of rotatable bonds is 7. The van der Waals surface area contributed by atoms with Gasteiger partial charge in [0.15, 0.2) is 0 Å². The summed E-state index contributed by atoms with van der Waals surface area (Å²) in [6.07, 6.45) is 1.48. The van der Waals surface area contributed by atoms with Crippen LogP contribution in [-0.4, -0.2) is 42.9 Å². The highest BCUT2D eigenvalue weighted by atomic mass is 32.2. The van der Waals surface area contributed by atoms with E-state index < -0.39 is 17.6 Å². The van der Waals surface area contributed by atoms with Crippen molar-refractivity contribution < 1.29 is 23.8 Å². The van der Waals surface area contributed by atoms with Crippen LogP contribution >= 0.6 is 11.8 Å². The standard InChI is InChI=1S/C22H28N2O5S/c1-22(2,3)29-21(26)24(4)13-15-11-14(20(23)25)7-9-17(15)28-16-8-10-19(30-6)18(12-16)27-5/h7-12H,13H2,1-6H3,(H2,23,25). The molecule has 0 aromatic heterocycles. The summed E-state index contributed by atoms with van der Waals surface area (Å²) in [5, 5.41) is 0. The number of thioether (sulfide) groups is 1. The fourth-order valence-electron chi connectivity index (χ4n) is 2.62. The van der Waals surface area contributed by atoms with Crippen LogP contribution in [0.4, 0.5) is 4.79 Å². The number of primary amides is 1. The van der Waals surface area contributed by atoms with Gasteiger partial charge < -0.3 is 24.8 Å². The van der Waals surface area contributed by atoms with E-state index >= 15 is 0 Å². The smallest absolute Gasteiger partial charge is 0.410 e. The molecule has 0 saturated heterocycles. The van der Waals surface area contributed by atoms with Gasteiger partial charge in [0.2, 0.25) is 5.91 Å². The van der Waals surface area contributed by atoms with Crippen LogP contribution in [0.1, 0.15) is 36.7 Å². The molecule has 0 aliphatic heterocycles. The van der Waals surface area contributed by atoms with E-state index in [2.05, 4.69) is 0 Å². The molecule has 0 fully saturated rings. The maximum Gasteiger partial charge on any atom is 0.410 e. The minimum absolute atomic E-state index is 0.172. The summed E-state index contributed by atoms with van der Waals surface area (Å²) in [7, 11) is 3.22. The van der Waals surface area contributed by atoms with E-state index in [1.807, 2.05) is 18.4 Å². The van der Waals surface area contributed by atoms with E-state index in [9.17, 15) is 9.59 Å². The van der Waals surface area contributed by atoms with E-state index in [1.165, 1.54) is 4.90 Å². The second kappa shape index (κ2) is 9.75. The van der Waals surface area contributed by atoms with Gasteiger partial charge in [0.1, 0.15) is 22.8 Å². The zero-order chi connectivity index (χ0) is 22.5. The molecule has 162 valence electrons. The quantitative estimate of drug-likeness (QED) is 0.639. The van der Waals surface area contributed by atoms with Crippen molar-refractivity contribution in [1.82, 2.24) is 4.90 Å². The molecule has 0 bridgehead atoms. The highest BCUT2D eigenvalue weighted by Gasteiger charge is 2.21. The van der Waals surface area contributed by atoms with E-state index in [0.29, 0.717) is 28.4 Å². The van der Waals surface area contributed by atoms with Crippen molar-refractivity contribution in [1.29, 1.82) is 0 Å². The molecule has 2 N–H and O–H groups in total. The lowest BCUT2D eigenvalue weighted by molar-refractivity contribution is 0.0284. The summed E-state index contributed by atoms with van der Waals surface area (Å²) in [6.45, 7) is 5.57. The van der Waals surface area contributed by atoms with Crippen molar-refractivity contribution in [3.63, 3.8) is 0 Å². The number of hydrogen-bond donors (Lipinski definition) is 1. The minimum Gasteiger partial charge on any atom is -0.495 e. The number of amides is 2. The number of ether oxygens (including phenoxy) is 3. The topological polar surface area (TPSA) is 91.1 Å². The molecule has 2 rings (SSSR count). The molecule has 0 aliphatic carbocycles.